The van der Waals surface area contributed by atoms with Gasteiger partial charge in [-0.15, -0.1) is 0 Å². The summed E-state index contributed by atoms with van der Waals surface area (Å²) in [4.78, 5) is 54.4. The summed E-state index contributed by atoms with van der Waals surface area (Å²) in [6, 6.07) is 11.5. The number of carbonyl (C=O) groups is 4. The molecule has 13 nitrogen and oxygen atoms in total. The van der Waals surface area contributed by atoms with Crippen molar-refractivity contribution in [3.05, 3.63) is 59.2 Å². The number of amides is 4. The van der Waals surface area contributed by atoms with Crippen molar-refractivity contribution in [2.75, 3.05) is 26.2 Å². The van der Waals surface area contributed by atoms with E-state index in [4.69, 9.17) is 4.74 Å². The molecular weight excluding hydrogens is 650 g/mol. The van der Waals surface area contributed by atoms with Gasteiger partial charge in [0.1, 0.15) is 17.9 Å². The zero-order chi connectivity index (χ0) is 35.1. The molecule has 14 heteroatoms. The summed E-state index contributed by atoms with van der Waals surface area (Å²) in [5.41, 5.74) is 1.98. The standard InChI is InChI=1S/C35H45N5O8S/c1-35(2,3)40(34(44)45)25-11-17-38(18-12-25)49(46,47)28-6-4-5-27(20-28)48-26-13-15-37(16-14-26)21-23-7-8-29-24(19-23)22-39(33(29)43)30-9-10-31(41)36-32(30)42/h4-8,19-20,25-26,30H,9-18,21-22H2,1-3H3,(H,44,45)(H,36,41,42). The van der Waals surface area contributed by atoms with Gasteiger partial charge >= 0.3 is 6.09 Å². The molecule has 0 aromatic heterocycles. The molecule has 6 rings (SSSR count). The van der Waals surface area contributed by atoms with Gasteiger partial charge in [0.2, 0.25) is 21.8 Å². The number of carbonyl (C=O) groups excluding carboxylic acids is 3. The van der Waals surface area contributed by atoms with Crippen LogP contribution >= 0.6 is 0 Å². The minimum absolute atomic E-state index is 0.0657. The molecule has 0 aliphatic carbocycles. The van der Waals surface area contributed by atoms with Crippen LogP contribution in [0.25, 0.3) is 0 Å². The topological polar surface area (TPSA) is 157 Å². The highest BCUT2D eigenvalue weighted by Gasteiger charge is 2.40. The number of carboxylic acid groups (broad SMARTS) is 1. The number of hydrogen-bond donors (Lipinski definition) is 2. The highest BCUT2D eigenvalue weighted by Crippen LogP contribution is 2.31. The third kappa shape index (κ3) is 7.46. The normalized spacial score (nSPS) is 21.8. The Bertz CT molecular complexity index is 1730. The van der Waals surface area contributed by atoms with Gasteiger partial charge in [-0.25, -0.2) is 13.2 Å². The number of rotatable bonds is 8. The fourth-order valence-electron chi connectivity index (χ4n) is 7.55. The van der Waals surface area contributed by atoms with Crippen molar-refractivity contribution < 1.29 is 37.4 Å². The summed E-state index contributed by atoms with van der Waals surface area (Å²) in [5.74, 6) is -0.403. The lowest BCUT2D eigenvalue weighted by atomic mass is 9.98. The molecule has 4 aliphatic rings. The molecule has 2 N–H and O–H groups in total. The van der Waals surface area contributed by atoms with Crippen molar-refractivity contribution in [3.8, 4) is 5.75 Å². The minimum atomic E-state index is -3.77. The maximum Gasteiger partial charge on any atom is 0.407 e. The third-order valence-electron chi connectivity index (χ3n) is 9.99. The molecule has 0 radical (unpaired) electrons. The van der Waals surface area contributed by atoms with Gasteiger partial charge in [-0.3, -0.25) is 24.6 Å². The highest BCUT2D eigenvalue weighted by molar-refractivity contribution is 7.89. The average Bonchev–Trinajstić information content (AvgIpc) is 3.36. The van der Waals surface area contributed by atoms with E-state index in [-0.39, 0.29) is 48.4 Å². The second-order valence-electron chi connectivity index (χ2n) is 14.4. The molecule has 0 spiro atoms. The molecule has 0 bridgehead atoms. The van der Waals surface area contributed by atoms with Gasteiger partial charge in [0.05, 0.1) is 4.90 Å². The summed E-state index contributed by atoms with van der Waals surface area (Å²) in [6.45, 7) is 8.66. The molecule has 1 atom stereocenters. The lowest BCUT2D eigenvalue weighted by Gasteiger charge is -2.43. The molecule has 4 heterocycles. The molecule has 2 aromatic carbocycles. The van der Waals surface area contributed by atoms with Gasteiger partial charge in [-0.2, -0.15) is 4.31 Å². The Hall–Kier alpha value is -4.01. The van der Waals surface area contributed by atoms with Crippen LogP contribution in [0.15, 0.2) is 47.4 Å². The van der Waals surface area contributed by atoms with E-state index in [0.29, 0.717) is 43.7 Å². The van der Waals surface area contributed by atoms with Gasteiger partial charge < -0.3 is 19.6 Å². The maximum atomic E-state index is 13.6. The predicted molar refractivity (Wildman–Crippen MR) is 179 cm³/mol. The lowest BCUT2D eigenvalue weighted by molar-refractivity contribution is -0.136. The van der Waals surface area contributed by atoms with E-state index < -0.39 is 33.6 Å². The molecule has 4 amide bonds. The van der Waals surface area contributed by atoms with Gasteiger partial charge in [0.15, 0.2) is 0 Å². The average molecular weight is 696 g/mol. The Balaban J connectivity index is 1.00. The molecule has 4 aliphatic heterocycles. The van der Waals surface area contributed by atoms with Crippen molar-refractivity contribution in [1.82, 2.24) is 24.3 Å². The molecule has 49 heavy (non-hydrogen) atoms. The van der Waals surface area contributed by atoms with E-state index in [2.05, 4.69) is 10.2 Å². The number of sulfonamides is 1. The number of nitrogens with one attached hydrogen (secondary N) is 1. The predicted octanol–water partition coefficient (Wildman–Crippen LogP) is 3.42. The fourth-order valence-corrected chi connectivity index (χ4v) is 9.06. The first-order valence-electron chi connectivity index (χ1n) is 17.0. The van der Waals surface area contributed by atoms with Crippen molar-refractivity contribution in [2.24, 2.45) is 0 Å². The van der Waals surface area contributed by atoms with Crippen LogP contribution in [0, 0.1) is 0 Å². The lowest BCUT2D eigenvalue weighted by Crippen LogP contribution is -2.55. The zero-order valence-electron chi connectivity index (χ0n) is 28.3. The van der Waals surface area contributed by atoms with Gasteiger partial charge in [0.25, 0.3) is 5.91 Å². The number of hydrogen-bond acceptors (Lipinski definition) is 8. The van der Waals surface area contributed by atoms with Crippen LogP contribution in [0.5, 0.6) is 5.75 Å². The molecule has 0 saturated carbocycles. The first kappa shape index (κ1) is 34.8. The first-order valence-corrected chi connectivity index (χ1v) is 18.4. The quantitative estimate of drug-likeness (QED) is 0.395. The Morgan fingerprint density at radius 1 is 0.980 bits per heavy atom. The SMILES string of the molecule is CC(C)(C)N(C(=O)O)C1CCN(S(=O)(=O)c2cccc(OC3CCN(Cc4ccc5c(c4)CN(C4CCC(=O)NC4=O)C5=O)CC3)c2)CC1. The summed E-state index contributed by atoms with van der Waals surface area (Å²) in [7, 11) is -3.77. The Kier molecular flexibility index (Phi) is 9.75. The van der Waals surface area contributed by atoms with Crippen molar-refractivity contribution in [3.63, 3.8) is 0 Å². The summed E-state index contributed by atoms with van der Waals surface area (Å²) in [6.07, 6.45) is 1.90. The van der Waals surface area contributed by atoms with E-state index in [9.17, 15) is 32.7 Å². The van der Waals surface area contributed by atoms with Crippen LogP contribution in [-0.4, -0.2) is 106 Å². The number of likely N-dealkylation sites (tertiary alicyclic amines) is 1. The monoisotopic (exact) mass is 695 g/mol. The number of nitrogens with zero attached hydrogens (tertiary/aromatic N) is 4. The van der Waals surface area contributed by atoms with Crippen molar-refractivity contribution in [2.45, 2.75) is 101 Å². The Morgan fingerprint density at radius 2 is 1.69 bits per heavy atom. The second-order valence-corrected chi connectivity index (χ2v) is 16.4. The largest absolute Gasteiger partial charge is 0.490 e. The van der Waals surface area contributed by atoms with Gasteiger partial charge in [-0.05, 0) is 82.2 Å². The van der Waals surface area contributed by atoms with Crippen LogP contribution in [0.2, 0.25) is 0 Å². The van der Waals surface area contributed by atoms with Crippen LogP contribution in [0.4, 0.5) is 4.79 Å². The molecule has 3 fully saturated rings. The zero-order valence-corrected chi connectivity index (χ0v) is 29.1. The fraction of sp³-hybridized carbons (Fsp3) is 0.543. The number of fused-ring (bicyclic) bond motifs is 1. The molecule has 1 unspecified atom stereocenters. The first-order chi connectivity index (χ1) is 23.2. The minimum Gasteiger partial charge on any atom is -0.490 e. The maximum absolute atomic E-state index is 13.6. The van der Waals surface area contributed by atoms with E-state index in [1.54, 1.807) is 29.2 Å². The van der Waals surface area contributed by atoms with Crippen LogP contribution in [-0.2, 0) is 32.7 Å². The summed E-state index contributed by atoms with van der Waals surface area (Å²) >= 11 is 0. The highest BCUT2D eigenvalue weighted by atomic mass is 32.2. The number of benzene rings is 2. The Morgan fingerprint density at radius 3 is 2.35 bits per heavy atom. The molecular formula is C35H45N5O8S. The van der Waals surface area contributed by atoms with E-state index in [1.165, 1.54) is 9.21 Å². The van der Waals surface area contributed by atoms with E-state index >= 15 is 0 Å². The summed E-state index contributed by atoms with van der Waals surface area (Å²) < 4.78 is 34.8. The number of imide groups is 1. The summed E-state index contributed by atoms with van der Waals surface area (Å²) in [5, 5.41) is 12.1. The van der Waals surface area contributed by atoms with E-state index in [1.807, 2.05) is 39.0 Å². The van der Waals surface area contributed by atoms with Gasteiger partial charge in [-0.1, -0.05) is 18.2 Å². The Labute approximate surface area is 287 Å². The molecule has 264 valence electrons. The van der Waals surface area contributed by atoms with Crippen molar-refractivity contribution in [1.29, 1.82) is 0 Å². The molecule has 2 aromatic rings. The van der Waals surface area contributed by atoms with Crippen LogP contribution < -0.4 is 10.1 Å². The van der Waals surface area contributed by atoms with Crippen LogP contribution in [0.3, 0.4) is 0 Å². The molecule has 3 saturated heterocycles. The van der Waals surface area contributed by atoms with Crippen molar-refractivity contribution >= 4 is 33.8 Å². The third-order valence-corrected chi connectivity index (χ3v) is 11.9. The van der Waals surface area contributed by atoms with E-state index in [0.717, 1.165) is 37.1 Å². The van der Waals surface area contributed by atoms with Crippen LogP contribution in [0.1, 0.15) is 80.8 Å². The second kappa shape index (κ2) is 13.7. The van der Waals surface area contributed by atoms with Gasteiger partial charge in [0, 0.05) is 68.9 Å². The number of piperidine rings is 3. The number of ether oxygens (including phenoxy) is 1. The smallest absolute Gasteiger partial charge is 0.407 e.